The highest BCUT2D eigenvalue weighted by atomic mass is 19.1. The maximum atomic E-state index is 13.2. The Morgan fingerprint density at radius 2 is 1.82 bits per heavy atom. The summed E-state index contributed by atoms with van der Waals surface area (Å²) in [6, 6.07) is 14.1. The Kier molecular flexibility index (Phi) is 6.31. The quantitative estimate of drug-likeness (QED) is 0.599. The Balaban J connectivity index is 1.77. The van der Waals surface area contributed by atoms with Crippen LogP contribution in [-0.4, -0.2) is 54.6 Å². The van der Waals surface area contributed by atoms with Gasteiger partial charge >= 0.3 is 0 Å². The lowest BCUT2D eigenvalue weighted by Gasteiger charge is -2.25. The smallest absolute Gasteiger partial charge is 0.242 e. The van der Waals surface area contributed by atoms with Gasteiger partial charge in [-0.25, -0.2) is 4.39 Å². The van der Waals surface area contributed by atoms with Crippen LogP contribution in [0.4, 0.5) is 4.39 Å². The van der Waals surface area contributed by atoms with Crippen molar-refractivity contribution in [1.82, 2.24) is 14.4 Å². The van der Waals surface area contributed by atoms with E-state index in [0.717, 1.165) is 28.8 Å². The molecule has 0 unspecified atom stereocenters. The molecule has 0 saturated carbocycles. The maximum absolute atomic E-state index is 13.2. The predicted molar refractivity (Wildman–Crippen MR) is 109 cm³/mol. The Morgan fingerprint density at radius 3 is 2.50 bits per heavy atom. The molecule has 0 N–H and O–H groups in total. The van der Waals surface area contributed by atoms with Crippen LogP contribution in [0, 0.1) is 5.82 Å². The van der Waals surface area contributed by atoms with E-state index >= 15 is 0 Å². The zero-order chi connectivity index (χ0) is 20.1. The normalized spacial score (nSPS) is 11.2. The molecule has 6 heteroatoms. The summed E-state index contributed by atoms with van der Waals surface area (Å²) in [4.78, 5) is 16.9. The molecular formula is C22H26FN3O2. The Morgan fingerprint density at radius 1 is 1.07 bits per heavy atom. The number of carbonyl (C=O) groups excluding carboxylic acids is 1. The Labute approximate surface area is 164 Å². The Bertz CT molecular complexity index is 935. The van der Waals surface area contributed by atoms with Crippen molar-refractivity contribution in [3.63, 3.8) is 0 Å². The number of amides is 1. The lowest BCUT2D eigenvalue weighted by molar-refractivity contribution is -0.132. The number of aromatic nitrogens is 1. The van der Waals surface area contributed by atoms with Crippen LogP contribution in [0.5, 0.6) is 5.75 Å². The van der Waals surface area contributed by atoms with Crippen LogP contribution in [0.25, 0.3) is 10.9 Å². The molecule has 2 aromatic carbocycles. The van der Waals surface area contributed by atoms with Gasteiger partial charge in [-0.3, -0.25) is 4.79 Å². The molecular weight excluding hydrogens is 357 g/mol. The molecule has 0 fully saturated rings. The second-order valence-corrected chi connectivity index (χ2v) is 7.11. The van der Waals surface area contributed by atoms with E-state index in [2.05, 4.69) is 0 Å². The number of fused-ring (bicyclic) bond motifs is 1. The van der Waals surface area contributed by atoms with E-state index in [4.69, 9.17) is 4.74 Å². The second-order valence-electron chi connectivity index (χ2n) is 7.11. The standard InChI is InChI=1S/C22H26FN3O2/c1-24(2)12-13-26(15-17-4-6-19(23)7-5-17)22(27)16-25-11-10-18-14-20(28-3)8-9-21(18)25/h4-11,14H,12-13,15-16H2,1-3H3. The molecule has 0 spiro atoms. The number of rotatable bonds is 8. The molecule has 0 atom stereocenters. The van der Waals surface area contributed by atoms with Crippen LogP contribution >= 0.6 is 0 Å². The number of ether oxygens (including phenoxy) is 1. The predicted octanol–water partition coefficient (Wildman–Crippen LogP) is 3.38. The number of nitrogens with zero attached hydrogens (tertiary/aromatic N) is 3. The summed E-state index contributed by atoms with van der Waals surface area (Å²) < 4.78 is 20.4. The third kappa shape index (κ3) is 4.89. The van der Waals surface area contributed by atoms with Gasteiger partial charge < -0.3 is 19.1 Å². The highest BCUT2D eigenvalue weighted by Crippen LogP contribution is 2.22. The second kappa shape index (κ2) is 8.89. The molecule has 0 radical (unpaired) electrons. The van der Waals surface area contributed by atoms with E-state index in [1.807, 2.05) is 58.9 Å². The van der Waals surface area contributed by atoms with Gasteiger partial charge in [0.25, 0.3) is 0 Å². The maximum Gasteiger partial charge on any atom is 0.242 e. The largest absolute Gasteiger partial charge is 0.497 e. The fourth-order valence-electron chi connectivity index (χ4n) is 3.11. The molecule has 0 saturated heterocycles. The summed E-state index contributed by atoms with van der Waals surface area (Å²) in [5, 5.41) is 1.03. The fraction of sp³-hybridized carbons (Fsp3) is 0.318. The first-order chi connectivity index (χ1) is 13.5. The van der Waals surface area contributed by atoms with Crippen molar-refractivity contribution in [2.24, 2.45) is 0 Å². The summed E-state index contributed by atoms with van der Waals surface area (Å²) >= 11 is 0. The van der Waals surface area contributed by atoms with Crippen LogP contribution in [0.3, 0.4) is 0 Å². The molecule has 0 aliphatic heterocycles. The van der Waals surface area contributed by atoms with E-state index in [0.29, 0.717) is 13.1 Å². The number of halogens is 1. The minimum Gasteiger partial charge on any atom is -0.497 e. The zero-order valence-electron chi connectivity index (χ0n) is 16.6. The van der Waals surface area contributed by atoms with Gasteiger partial charge in [0.15, 0.2) is 0 Å². The van der Waals surface area contributed by atoms with E-state index in [1.165, 1.54) is 12.1 Å². The monoisotopic (exact) mass is 383 g/mol. The number of carbonyl (C=O) groups is 1. The summed E-state index contributed by atoms with van der Waals surface area (Å²) in [5.41, 5.74) is 1.90. The minimum absolute atomic E-state index is 0.0273. The third-order valence-corrected chi connectivity index (χ3v) is 4.74. The van der Waals surface area contributed by atoms with E-state index < -0.39 is 0 Å². The molecule has 0 aliphatic carbocycles. The number of hydrogen-bond acceptors (Lipinski definition) is 3. The first kappa shape index (κ1) is 19.9. The number of methoxy groups -OCH3 is 1. The van der Waals surface area contributed by atoms with Crippen LogP contribution in [0.15, 0.2) is 54.7 Å². The topological polar surface area (TPSA) is 37.7 Å². The minimum atomic E-state index is -0.274. The van der Waals surface area contributed by atoms with Crippen LogP contribution < -0.4 is 4.74 Å². The van der Waals surface area contributed by atoms with Gasteiger partial charge in [-0.2, -0.15) is 0 Å². The SMILES string of the molecule is COc1ccc2c(ccn2CC(=O)N(CCN(C)C)Cc2ccc(F)cc2)c1. The average molecular weight is 383 g/mol. The van der Waals surface area contributed by atoms with Crippen LogP contribution in [0.1, 0.15) is 5.56 Å². The molecule has 28 heavy (non-hydrogen) atoms. The van der Waals surface area contributed by atoms with Crippen LogP contribution in [0.2, 0.25) is 0 Å². The molecule has 148 valence electrons. The van der Waals surface area contributed by atoms with Gasteiger partial charge in [0, 0.05) is 36.7 Å². The molecule has 1 heterocycles. The number of likely N-dealkylation sites (N-methyl/N-ethyl adjacent to an activating group) is 1. The summed E-state index contributed by atoms with van der Waals surface area (Å²) in [6.07, 6.45) is 1.92. The number of benzene rings is 2. The molecule has 1 aromatic heterocycles. The van der Waals surface area contributed by atoms with Crippen molar-refractivity contribution in [1.29, 1.82) is 0 Å². The van der Waals surface area contributed by atoms with E-state index in [-0.39, 0.29) is 18.3 Å². The molecule has 3 rings (SSSR count). The van der Waals surface area contributed by atoms with E-state index in [9.17, 15) is 9.18 Å². The highest BCUT2D eigenvalue weighted by molar-refractivity contribution is 5.84. The first-order valence-corrected chi connectivity index (χ1v) is 9.26. The molecule has 3 aromatic rings. The van der Waals surface area contributed by atoms with Crippen molar-refractivity contribution in [3.8, 4) is 5.75 Å². The molecule has 0 aliphatic rings. The summed E-state index contributed by atoms with van der Waals surface area (Å²) in [6.45, 7) is 2.08. The molecule has 5 nitrogen and oxygen atoms in total. The molecule has 0 bridgehead atoms. The van der Waals surface area contributed by atoms with Gasteiger partial charge in [0.2, 0.25) is 5.91 Å². The van der Waals surface area contributed by atoms with Gasteiger partial charge in [0.1, 0.15) is 18.1 Å². The van der Waals surface area contributed by atoms with Gasteiger partial charge in [-0.15, -0.1) is 0 Å². The van der Waals surface area contributed by atoms with Crippen molar-refractivity contribution >= 4 is 16.8 Å². The summed E-state index contributed by atoms with van der Waals surface area (Å²) in [5.74, 6) is 0.546. The zero-order valence-corrected chi connectivity index (χ0v) is 16.6. The summed E-state index contributed by atoms with van der Waals surface area (Å²) in [7, 11) is 5.60. The van der Waals surface area contributed by atoms with Gasteiger partial charge in [-0.1, -0.05) is 12.1 Å². The first-order valence-electron chi connectivity index (χ1n) is 9.26. The lowest BCUT2D eigenvalue weighted by atomic mass is 10.2. The highest BCUT2D eigenvalue weighted by Gasteiger charge is 2.16. The van der Waals surface area contributed by atoms with Crippen molar-refractivity contribution < 1.29 is 13.9 Å². The van der Waals surface area contributed by atoms with E-state index in [1.54, 1.807) is 19.2 Å². The van der Waals surface area contributed by atoms with Crippen molar-refractivity contribution in [2.75, 3.05) is 34.3 Å². The average Bonchev–Trinajstić information content (AvgIpc) is 3.08. The van der Waals surface area contributed by atoms with Crippen LogP contribution in [-0.2, 0) is 17.9 Å². The van der Waals surface area contributed by atoms with Gasteiger partial charge in [0.05, 0.1) is 7.11 Å². The number of hydrogen-bond donors (Lipinski definition) is 0. The fourth-order valence-corrected chi connectivity index (χ4v) is 3.11. The van der Waals surface area contributed by atoms with Crippen molar-refractivity contribution in [2.45, 2.75) is 13.1 Å². The van der Waals surface area contributed by atoms with Crippen molar-refractivity contribution in [3.05, 3.63) is 66.1 Å². The third-order valence-electron chi connectivity index (χ3n) is 4.74. The molecule has 1 amide bonds. The Hall–Kier alpha value is -2.86. The van der Waals surface area contributed by atoms with Gasteiger partial charge in [-0.05, 0) is 56.1 Å². The lowest BCUT2D eigenvalue weighted by Crippen LogP contribution is -2.38.